The second-order valence-electron chi connectivity index (χ2n) is 4.52. The summed E-state index contributed by atoms with van der Waals surface area (Å²) in [6, 6.07) is 10.3. The Balaban J connectivity index is 2.37. The first-order chi connectivity index (χ1) is 9.69. The number of carbonyl (C=O) groups excluding carboxylic acids is 2. The Hall–Kier alpha value is -2.62. The topological polar surface area (TPSA) is 55.4 Å². The van der Waals surface area contributed by atoms with Gasteiger partial charge in [-0.1, -0.05) is 24.3 Å². The van der Waals surface area contributed by atoms with Crippen LogP contribution < -0.4 is 10.1 Å². The molecule has 1 aliphatic carbocycles. The zero-order chi connectivity index (χ0) is 14.3. The fourth-order valence-corrected chi connectivity index (χ4v) is 2.57. The lowest BCUT2D eigenvalue weighted by Gasteiger charge is -2.21. The van der Waals surface area contributed by atoms with Crippen molar-refractivity contribution in [2.24, 2.45) is 0 Å². The first-order valence-corrected chi connectivity index (χ1v) is 6.26. The third-order valence-electron chi connectivity index (χ3n) is 3.53. The second kappa shape index (κ2) is 4.49. The number of fused-ring (bicyclic) bond motifs is 2. The molecule has 0 spiro atoms. The molecule has 2 aromatic rings. The summed E-state index contributed by atoms with van der Waals surface area (Å²) < 4.78 is 5.25. The zero-order valence-electron chi connectivity index (χ0n) is 11.2. The van der Waals surface area contributed by atoms with E-state index >= 15 is 0 Å². The number of nitrogens with one attached hydrogen (secondary N) is 1. The molecule has 0 aromatic heterocycles. The van der Waals surface area contributed by atoms with Gasteiger partial charge < -0.3 is 10.1 Å². The van der Waals surface area contributed by atoms with Crippen molar-refractivity contribution in [1.29, 1.82) is 0 Å². The van der Waals surface area contributed by atoms with Crippen LogP contribution in [0.25, 0.3) is 0 Å². The van der Waals surface area contributed by atoms with E-state index in [0.29, 0.717) is 33.7 Å². The van der Waals surface area contributed by atoms with Gasteiger partial charge in [0.05, 0.1) is 18.2 Å². The highest BCUT2D eigenvalue weighted by Crippen LogP contribution is 2.37. The Bertz CT molecular complexity index is 672. The highest BCUT2D eigenvalue weighted by molar-refractivity contribution is 6.31. The van der Waals surface area contributed by atoms with E-state index in [1.807, 2.05) is 0 Å². The average Bonchev–Trinajstić information content (AvgIpc) is 2.51. The van der Waals surface area contributed by atoms with Gasteiger partial charge >= 0.3 is 0 Å². The van der Waals surface area contributed by atoms with Crippen LogP contribution in [-0.4, -0.2) is 25.7 Å². The van der Waals surface area contributed by atoms with Crippen molar-refractivity contribution < 1.29 is 14.3 Å². The number of benzene rings is 2. The van der Waals surface area contributed by atoms with Crippen molar-refractivity contribution in [2.45, 2.75) is 0 Å². The predicted octanol–water partition coefficient (Wildman–Crippen LogP) is 2.51. The Morgan fingerprint density at radius 3 is 2.05 bits per heavy atom. The van der Waals surface area contributed by atoms with Crippen LogP contribution in [0.2, 0.25) is 0 Å². The highest BCUT2D eigenvalue weighted by atomic mass is 16.5. The van der Waals surface area contributed by atoms with Gasteiger partial charge in [0.2, 0.25) is 0 Å². The number of hydrogen-bond acceptors (Lipinski definition) is 4. The molecule has 4 nitrogen and oxygen atoms in total. The molecule has 0 atom stereocenters. The molecule has 0 aliphatic heterocycles. The van der Waals surface area contributed by atoms with E-state index in [1.54, 1.807) is 43.4 Å². The van der Waals surface area contributed by atoms with Gasteiger partial charge in [0.15, 0.2) is 11.6 Å². The number of methoxy groups -OCH3 is 1. The van der Waals surface area contributed by atoms with Crippen LogP contribution in [0.15, 0.2) is 36.4 Å². The normalized spacial score (nSPS) is 12.7. The van der Waals surface area contributed by atoms with Gasteiger partial charge in [-0.15, -0.1) is 0 Å². The minimum Gasteiger partial charge on any atom is -0.496 e. The molecule has 1 aliphatic rings. The number of rotatable bonds is 2. The Kier molecular flexibility index (Phi) is 2.79. The second-order valence-corrected chi connectivity index (χ2v) is 4.52. The minimum absolute atomic E-state index is 0.154. The van der Waals surface area contributed by atoms with Gasteiger partial charge in [0.1, 0.15) is 5.75 Å². The van der Waals surface area contributed by atoms with Crippen molar-refractivity contribution in [3.8, 4) is 5.75 Å². The first-order valence-electron chi connectivity index (χ1n) is 6.26. The summed E-state index contributed by atoms with van der Waals surface area (Å²) in [7, 11) is 3.22. The summed E-state index contributed by atoms with van der Waals surface area (Å²) in [5, 5.41) is 2.96. The van der Waals surface area contributed by atoms with E-state index in [4.69, 9.17) is 4.74 Å². The summed E-state index contributed by atoms with van der Waals surface area (Å²) in [6.07, 6.45) is 0. The molecule has 0 bridgehead atoms. The van der Waals surface area contributed by atoms with Gasteiger partial charge in [-0.25, -0.2) is 0 Å². The molecule has 0 radical (unpaired) electrons. The molecule has 0 saturated heterocycles. The lowest BCUT2D eigenvalue weighted by molar-refractivity contribution is 0.0977. The van der Waals surface area contributed by atoms with Crippen LogP contribution >= 0.6 is 0 Å². The van der Waals surface area contributed by atoms with Gasteiger partial charge in [-0.2, -0.15) is 0 Å². The number of anilines is 1. The van der Waals surface area contributed by atoms with Crippen LogP contribution in [0.4, 0.5) is 5.69 Å². The van der Waals surface area contributed by atoms with Crippen molar-refractivity contribution in [1.82, 2.24) is 0 Å². The van der Waals surface area contributed by atoms with Crippen LogP contribution in [0.3, 0.4) is 0 Å². The molecule has 0 amide bonds. The van der Waals surface area contributed by atoms with Crippen molar-refractivity contribution in [3.05, 3.63) is 58.7 Å². The van der Waals surface area contributed by atoms with E-state index in [-0.39, 0.29) is 11.6 Å². The zero-order valence-corrected chi connectivity index (χ0v) is 11.2. The number of hydrogen-bond donors (Lipinski definition) is 1. The predicted molar refractivity (Wildman–Crippen MR) is 75.8 cm³/mol. The summed E-state index contributed by atoms with van der Waals surface area (Å²) >= 11 is 0. The van der Waals surface area contributed by atoms with E-state index < -0.39 is 0 Å². The third kappa shape index (κ3) is 1.54. The fourth-order valence-electron chi connectivity index (χ4n) is 2.57. The molecule has 0 saturated carbocycles. The standard InChI is InChI=1S/C16H13NO3/c1-17-11-7-8-12(20-2)14-13(11)15(18)9-5-3-4-6-10(9)16(14)19/h3-8,17H,1-2H3. The van der Waals surface area contributed by atoms with E-state index in [1.165, 1.54) is 7.11 Å². The minimum atomic E-state index is -0.177. The third-order valence-corrected chi connectivity index (χ3v) is 3.53. The molecule has 100 valence electrons. The van der Waals surface area contributed by atoms with Gasteiger partial charge in [-0.05, 0) is 12.1 Å². The molecule has 4 heteroatoms. The lowest BCUT2D eigenvalue weighted by Crippen LogP contribution is -2.23. The molecule has 3 rings (SSSR count). The molecule has 1 N–H and O–H groups in total. The van der Waals surface area contributed by atoms with Crippen molar-refractivity contribution in [2.75, 3.05) is 19.5 Å². The Labute approximate surface area is 116 Å². The van der Waals surface area contributed by atoms with E-state index in [9.17, 15) is 9.59 Å². The number of ether oxygens (including phenoxy) is 1. The maximum absolute atomic E-state index is 12.7. The summed E-state index contributed by atoms with van der Waals surface area (Å²) in [4.78, 5) is 25.3. The molecular weight excluding hydrogens is 254 g/mol. The van der Waals surface area contributed by atoms with Crippen LogP contribution in [0.1, 0.15) is 31.8 Å². The summed E-state index contributed by atoms with van der Waals surface area (Å²) in [6.45, 7) is 0. The molecule has 0 unspecified atom stereocenters. The summed E-state index contributed by atoms with van der Waals surface area (Å²) in [5.41, 5.74) is 2.22. The van der Waals surface area contributed by atoms with Crippen LogP contribution in [-0.2, 0) is 0 Å². The van der Waals surface area contributed by atoms with E-state index in [2.05, 4.69) is 5.32 Å². The first kappa shape index (κ1) is 12.4. The smallest absolute Gasteiger partial charge is 0.198 e. The highest BCUT2D eigenvalue weighted by Gasteiger charge is 2.33. The fraction of sp³-hybridized carbons (Fsp3) is 0.125. The summed E-state index contributed by atoms with van der Waals surface area (Å²) in [5.74, 6) is 0.0921. The molecule has 0 fully saturated rings. The lowest BCUT2D eigenvalue weighted by atomic mass is 9.82. The van der Waals surface area contributed by atoms with Crippen molar-refractivity contribution in [3.63, 3.8) is 0 Å². The Morgan fingerprint density at radius 2 is 1.50 bits per heavy atom. The molecule has 2 aromatic carbocycles. The quantitative estimate of drug-likeness (QED) is 0.775. The largest absolute Gasteiger partial charge is 0.496 e. The SMILES string of the molecule is CNc1ccc(OC)c2c1C(=O)c1ccccc1C2=O. The van der Waals surface area contributed by atoms with Gasteiger partial charge in [0, 0.05) is 23.9 Å². The van der Waals surface area contributed by atoms with Gasteiger partial charge in [0.25, 0.3) is 0 Å². The van der Waals surface area contributed by atoms with Crippen LogP contribution in [0.5, 0.6) is 5.75 Å². The molecule has 0 heterocycles. The van der Waals surface area contributed by atoms with Gasteiger partial charge in [-0.3, -0.25) is 9.59 Å². The van der Waals surface area contributed by atoms with E-state index in [0.717, 1.165) is 0 Å². The van der Waals surface area contributed by atoms with Crippen molar-refractivity contribution >= 4 is 17.3 Å². The maximum Gasteiger partial charge on any atom is 0.198 e. The molecule has 20 heavy (non-hydrogen) atoms. The monoisotopic (exact) mass is 267 g/mol. The number of ketones is 2. The Morgan fingerprint density at radius 1 is 0.900 bits per heavy atom. The van der Waals surface area contributed by atoms with Crippen LogP contribution in [0, 0.1) is 0 Å². The maximum atomic E-state index is 12.7. The number of carbonyl (C=O) groups is 2. The average molecular weight is 267 g/mol. The molecular formula is C16H13NO3.